The molecule has 29 heavy (non-hydrogen) atoms. The van der Waals surface area contributed by atoms with Crippen LogP contribution in [-0.2, 0) is 30.4 Å². The molecular weight excluding hydrogens is 406 g/mol. The predicted octanol–water partition coefficient (Wildman–Crippen LogP) is -3.74. The van der Waals surface area contributed by atoms with E-state index in [9.17, 15) is 24.0 Å². The van der Waals surface area contributed by atoms with Crippen molar-refractivity contribution < 1.29 is 29.1 Å². The number of amides is 4. The maximum absolute atomic E-state index is 12.4. The van der Waals surface area contributed by atoms with Gasteiger partial charge in [-0.1, -0.05) is 0 Å². The van der Waals surface area contributed by atoms with E-state index in [1.165, 1.54) is 12.5 Å². The number of carbonyl (C=O) groups is 5. The average molecular weight is 429 g/mol. The number of imidazole rings is 1. The third-order valence-electron chi connectivity index (χ3n) is 3.61. The molecular formula is C15H23N7O6S. The molecule has 3 atom stereocenters. The zero-order valence-corrected chi connectivity index (χ0v) is 16.1. The molecule has 1 heterocycles. The molecule has 1 rings (SSSR count). The zero-order chi connectivity index (χ0) is 22.0. The number of carboxylic acid groups (broad SMARTS) is 1. The summed E-state index contributed by atoms with van der Waals surface area (Å²) in [5, 5.41) is 15.8. The first kappa shape index (κ1) is 23.9. The average Bonchev–Trinajstić information content (AvgIpc) is 3.16. The van der Waals surface area contributed by atoms with Crippen LogP contribution in [0, 0.1) is 0 Å². The number of aromatic amines is 1. The van der Waals surface area contributed by atoms with E-state index in [2.05, 4.69) is 38.5 Å². The lowest BCUT2D eigenvalue weighted by Gasteiger charge is -2.20. The van der Waals surface area contributed by atoms with E-state index < -0.39 is 60.7 Å². The standard InChI is InChI=1S/C15H23N7O6S/c16-8(5-29)13(25)22-9(1-7-3-18-6-20-7)14(26)19-4-12(24)21-10(15(27)28)2-11(17)23/h3,6,8-10,29H,1-2,4-5,16H2,(H2,17,23)(H,18,20)(H,19,26)(H,21,24)(H,22,25)(H,27,28). The van der Waals surface area contributed by atoms with Gasteiger partial charge in [-0.2, -0.15) is 12.6 Å². The van der Waals surface area contributed by atoms with Crippen LogP contribution in [-0.4, -0.2) is 75.1 Å². The lowest BCUT2D eigenvalue weighted by atomic mass is 10.1. The van der Waals surface area contributed by atoms with E-state index >= 15 is 0 Å². The number of hydrogen-bond donors (Lipinski definition) is 8. The number of primary amides is 1. The van der Waals surface area contributed by atoms with Gasteiger partial charge in [0, 0.05) is 24.1 Å². The fraction of sp³-hybridized carbons (Fsp3) is 0.467. The van der Waals surface area contributed by atoms with Crippen LogP contribution in [0.15, 0.2) is 12.5 Å². The van der Waals surface area contributed by atoms with Gasteiger partial charge in [-0.15, -0.1) is 0 Å². The molecule has 3 unspecified atom stereocenters. The van der Waals surface area contributed by atoms with Gasteiger partial charge in [-0.05, 0) is 0 Å². The summed E-state index contributed by atoms with van der Waals surface area (Å²) in [4.78, 5) is 64.8. The van der Waals surface area contributed by atoms with Crippen molar-refractivity contribution >= 4 is 42.2 Å². The van der Waals surface area contributed by atoms with E-state index in [0.717, 1.165) is 0 Å². The van der Waals surface area contributed by atoms with Crippen LogP contribution in [0.3, 0.4) is 0 Å². The third-order valence-corrected chi connectivity index (χ3v) is 4.00. The first-order valence-electron chi connectivity index (χ1n) is 8.36. The molecule has 0 radical (unpaired) electrons. The fourth-order valence-corrected chi connectivity index (χ4v) is 2.29. The summed E-state index contributed by atoms with van der Waals surface area (Å²) in [7, 11) is 0. The van der Waals surface area contributed by atoms with Gasteiger partial charge in [-0.25, -0.2) is 9.78 Å². The highest BCUT2D eigenvalue weighted by molar-refractivity contribution is 7.80. The van der Waals surface area contributed by atoms with E-state index in [1.807, 2.05) is 0 Å². The fourth-order valence-electron chi connectivity index (χ4n) is 2.12. The Morgan fingerprint density at radius 1 is 1.17 bits per heavy atom. The molecule has 0 aliphatic carbocycles. The van der Waals surface area contributed by atoms with Gasteiger partial charge < -0.3 is 37.5 Å². The molecule has 0 aliphatic rings. The number of carboxylic acids is 1. The van der Waals surface area contributed by atoms with Crippen LogP contribution in [0.2, 0.25) is 0 Å². The Kier molecular flexibility index (Phi) is 9.61. The number of hydrogen-bond acceptors (Lipinski definition) is 8. The highest BCUT2D eigenvalue weighted by Gasteiger charge is 2.26. The Hall–Kier alpha value is -3.13. The first-order valence-corrected chi connectivity index (χ1v) is 8.99. The Balaban J connectivity index is 2.70. The summed E-state index contributed by atoms with van der Waals surface area (Å²) in [5.74, 6) is -4.49. The highest BCUT2D eigenvalue weighted by Crippen LogP contribution is 2.00. The van der Waals surface area contributed by atoms with E-state index in [4.69, 9.17) is 16.6 Å². The molecule has 0 aliphatic heterocycles. The van der Waals surface area contributed by atoms with Crippen molar-refractivity contribution in [2.75, 3.05) is 12.3 Å². The smallest absolute Gasteiger partial charge is 0.326 e. The summed E-state index contributed by atoms with van der Waals surface area (Å²) in [5.41, 5.74) is 11.1. The second kappa shape index (κ2) is 11.7. The van der Waals surface area contributed by atoms with Crippen molar-refractivity contribution in [3.8, 4) is 0 Å². The Labute approximate surface area is 170 Å². The number of nitrogens with zero attached hydrogens (tertiary/aromatic N) is 1. The normalized spacial score (nSPS) is 13.6. The molecule has 0 spiro atoms. The zero-order valence-electron chi connectivity index (χ0n) is 15.3. The van der Waals surface area contributed by atoms with Crippen molar-refractivity contribution in [3.05, 3.63) is 18.2 Å². The Morgan fingerprint density at radius 2 is 1.86 bits per heavy atom. The second-order valence-electron chi connectivity index (χ2n) is 5.98. The number of nitrogens with two attached hydrogens (primary N) is 2. The predicted molar refractivity (Wildman–Crippen MR) is 102 cm³/mol. The number of H-pyrrole nitrogens is 1. The summed E-state index contributed by atoms with van der Waals surface area (Å²) in [6.45, 7) is -0.588. The quantitative estimate of drug-likeness (QED) is 0.154. The van der Waals surface area contributed by atoms with Crippen LogP contribution in [0.5, 0.6) is 0 Å². The van der Waals surface area contributed by atoms with Gasteiger partial charge in [0.25, 0.3) is 0 Å². The molecule has 0 aromatic carbocycles. The van der Waals surface area contributed by atoms with Crippen molar-refractivity contribution in [2.24, 2.45) is 11.5 Å². The molecule has 13 nitrogen and oxygen atoms in total. The second-order valence-corrected chi connectivity index (χ2v) is 6.34. The topological polar surface area (TPSA) is 222 Å². The molecule has 9 N–H and O–H groups in total. The molecule has 0 fully saturated rings. The Morgan fingerprint density at radius 3 is 2.38 bits per heavy atom. The number of aromatic nitrogens is 2. The van der Waals surface area contributed by atoms with Crippen molar-refractivity contribution in [2.45, 2.75) is 31.0 Å². The van der Waals surface area contributed by atoms with Gasteiger partial charge in [0.2, 0.25) is 23.6 Å². The molecule has 160 valence electrons. The van der Waals surface area contributed by atoms with Gasteiger partial charge in [-0.3, -0.25) is 19.2 Å². The minimum Gasteiger partial charge on any atom is -0.480 e. The summed E-state index contributed by atoms with van der Waals surface area (Å²) in [6, 6.07) is -3.54. The molecule has 4 amide bonds. The number of rotatable bonds is 12. The maximum atomic E-state index is 12.4. The van der Waals surface area contributed by atoms with Gasteiger partial charge >= 0.3 is 5.97 Å². The van der Waals surface area contributed by atoms with E-state index in [0.29, 0.717) is 5.69 Å². The number of carbonyl (C=O) groups excluding carboxylic acids is 4. The van der Waals surface area contributed by atoms with Crippen LogP contribution >= 0.6 is 12.6 Å². The highest BCUT2D eigenvalue weighted by atomic mass is 32.1. The van der Waals surface area contributed by atoms with Crippen molar-refractivity contribution in [1.29, 1.82) is 0 Å². The minimum absolute atomic E-state index is 0.0396. The van der Waals surface area contributed by atoms with Gasteiger partial charge in [0.15, 0.2) is 0 Å². The molecule has 0 saturated carbocycles. The number of aliphatic carboxylic acids is 1. The van der Waals surface area contributed by atoms with E-state index in [-0.39, 0.29) is 12.2 Å². The van der Waals surface area contributed by atoms with Crippen LogP contribution in [0.1, 0.15) is 12.1 Å². The molecule has 14 heteroatoms. The molecule has 1 aromatic rings. The summed E-state index contributed by atoms with van der Waals surface area (Å²) in [6.07, 6.45) is 2.29. The van der Waals surface area contributed by atoms with Crippen molar-refractivity contribution in [3.63, 3.8) is 0 Å². The lowest BCUT2D eigenvalue weighted by molar-refractivity contribution is -0.143. The SMILES string of the molecule is NC(=O)CC(NC(=O)CNC(=O)C(Cc1cnc[nH]1)NC(=O)C(N)CS)C(=O)O. The minimum atomic E-state index is -1.52. The first-order chi connectivity index (χ1) is 13.6. The molecule has 1 aromatic heterocycles. The van der Waals surface area contributed by atoms with Crippen LogP contribution in [0.4, 0.5) is 0 Å². The Bertz CT molecular complexity index is 742. The van der Waals surface area contributed by atoms with E-state index in [1.54, 1.807) is 0 Å². The lowest BCUT2D eigenvalue weighted by Crippen LogP contribution is -2.54. The number of nitrogens with one attached hydrogen (secondary N) is 4. The van der Waals surface area contributed by atoms with Crippen LogP contribution in [0.25, 0.3) is 0 Å². The largest absolute Gasteiger partial charge is 0.480 e. The van der Waals surface area contributed by atoms with Crippen LogP contribution < -0.4 is 27.4 Å². The summed E-state index contributed by atoms with van der Waals surface area (Å²) >= 11 is 3.92. The van der Waals surface area contributed by atoms with Gasteiger partial charge in [0.1, 0.15) is 12.1 Å². The monoisotopic (exact) mass is 429 g/mol. The van der Waals surface area contributed by atoms with Crippen molar-refractivity contribution in [1.82, 2.24) is 25.9 Å². The molecule has 0 saturated heterocycles. The maximum Gasteiger partial charge on any atom is 0.326 e. The molecule has 0 bridgehead atoms. The van der Waals surface area contributed by atoms with Gasteiger partial charge in [0.05, 0.1) is 25.3 Å². The summed E-state index contributed by atoms with van der Waals surface area (Å²) < 4.78 is 0. The number of thiol groups is 1. The third kappa shape index (κ3) is 8.61.